The molecule has 0 aromatic carbocycles. The van der Waals surface area contributed by atoms with Gasteiger partial charge in [-0.3, -0.25) is 0 Å². The average molecular weight is 365 g/mol. The number of hydrogen-bond acceptors (Lipinski definition) is 3. The Labute approximate surface area is 155 Å². The summed E-state index contributed by atoms with van der Waals surface area (Å²) in [6.45, 7) is 17.3. The first-order chi connectivity index (χ1) is 11.6. The van der Waals surface area contributed by atoms with Crippen LogP contribution in [0.15, 0.2) is 36.5 Å². The Bertz CT molecular complexity index is 500. The van der Waals surface area contributed by atoms with Gasteiger partial charge in [-0.25, -0.2) is 0 Å². The van der Waals surface area contributed by atoms with Gasteiger partial charge in [-0.1, -0.05) is 57.2 Å². The van der Waals surface area contributed by atoms with Gasteiger partial charge in [0, 0.05) is 12.8 Å². The van der Waals surface area contributed by atoms with Crippen LogP contribution in [0.4, 0.5) is 0 Å². The number of rotatable bonds is 9. The fourth-order valence-electron chi connectivity index (χ4n) is 2.57. The molecular formula is C21H36O3Si. The van der Waals surface area contributed by atoms with Crippen LogP contribution in [-0.4, -0.2) is 32.9 Å². The molecule has 0 saturated heterocycles. The van der Waals surface area contributed by atoms with Crippen LogP contribution in [-0.2, 0) is 14.0 Å². The largest absolute Gasteiger partial charge is 0.414 e. The predicted octanol–water partition coefficient (Wildman–Crippen LogP) is 5.59. The highest BCUT2D eigenvalue weighted by molar-refractivity contribution is 6.74. The molecule has 0 amide bonds. The second-order valence-electron chi connectivity index (χ2n) is 8.49. The Kier molecular flexibility index (Phi) is 8.52. The van der Waals surface area contributed by atoms with Crippen molar-refractivity contribution >= 4 is 14.6 Å². The quantitative estimate of drug-likeness (QED) is 0.231. The molecule has 3 atom stereocenters. The van der Waals surface area contributed by atoms with Crippen molar-refractivity contribution in [2.24, 2.45) is 0 Å². The summed E-state index contributed by atoms with van der Waals surface area (Å²) < 4.78 is 12.7. The Morgan fingerprint density at radius 3 is 2.68 bits per heavy atom. The lowest BCUT2D eigenvalue weighted by Gasteiger charge is -2.40. The van der Waals surface area contributed by atoms with Crippen molar-refractivity contribution in [2.45, 2.75) is 89.8 Å². The first-order valence-corrected chi connectivity index (χ1v) is 12.2. The van der Waals surface area contributed by atoms with Crippen LogP contribution in [0.3, 0.4) is 0 Å². The van der Waals surface area contributed by atoms with Crippen LogP contribution < -0.4 is 0 Å². The van der Waals surface area contributed by atoms with Gasteiger partial charge < -0.3 is 14.0 Å². The summed E-state index contributed by atoms with van der Waals surface area (Å²) in [6, 6.07) is 0. The maximum absolute atomic E-state index is 10.8. The number of ether oxygens (including phenoxy) is 1. The lowest BCUT2D eigenvalue weighted by atomic mass is 10.0. The normalized spacial score (nSPS) is 23.4. The molecule has 0 aliphatic carbocycles. The van der Waals surface area contributed by atoms with E-state index in [-0.39, 0.29) is 23.4 Å². The monoisotopic (exact) mass is 364 g/mol. The van der Waals surface area contributed by atoms with Gasteiger partial charge in [0.2, 0.25) is 0 Å². The van der Waals surface area contributed by atoms with Crippen LogP contribution in [0.25, 0.3) is 0 Å². The highest BCUT2D eigenvalue weighted by Crippen LogP contribution is 2.38. The van der Waals surface area contributed by atoms with E-state index >= 15 is 0 Å². The molecule has 4 heteroatoms. The van der Waals surface area contributed by atoms with Crippen molar-refractivity contribution in [3.8, 4) is 0 Å². The van der Waals surface area contributed by atoms with Crippen LogP contribution in [0, 0.1) is 0 Å². The van der Waals surface area contributed by atoms with Crippen LogP contribution >= 0.6 is 0 Å². The van der Waals surface area contributed by atoms with E-state index in [0.717, 1.165) is 25.5 Å². The molecule has 0 radical (unpaired) electrons. The summed E-state index contributed by atoms with van der Waals surface area (Å²) in [4.78, 5) is 10.8. The Hall–Kier alpha value is -0.973. The van der Waals surface area contributed by atoms with Crippen molar-refractivity contribution in [3.63, 3.8) is 0 Å². The molecule has 0 unspecified atom stereocenters. The summed E-state index contributed by atoms with van der Waals surface area (Å²) in [5.74, 6) is 0. The van der Waals surface area contributed by atoms with Gasteiger partial charge in [-0.15, -0.1) is 0 Å². The zero-order chi connectivity index (χ0) is 19.1. The molecule has 0 fully saturated rings. The minimum atomic E-state index is -1.86. The molecule has 0 saturated carbocycles. The number of carbonyl (C=O) groups is 1. The molecule has 1 aliphatic heterocycles. The van der Waals surface area contributed by atoms with Crippen molar-refractivity contribution in [1.82, 2.24) is 0 Å². The number of carbonyl (C=O) groups excluding carboxylic acids is 1. The third-order valence-electron chi connectivity index (χ3n) is 5.26. The van der Waals surface area contributed by atoms with Gasteiger partial charge in [0.15, 0.2) is 8.32 Å². The standard InChI is InChI=1S/C21H36O3Si/c1-8-17(2)12-13-20(24-25(6,7)21(3,4)5)16-19-11-9-10-18(23-19)14-15-22/h8-9,11-12,15,18-20H,1,10,13-14,16H2,2-7H3/b17-12+/t18-,19-,20-/m0/s1. The summed E-state index contributed by atoms with van der Waals surface area (Å²) >= 11 is 0. The zero-order valence-electron chi connectivity index (χ0n) is 16.9. The Morgan fingerprint density at radius 1 is 1.44 bits per heavy atom. The zero-order valence-corrected chi connectivity index (χ0v) is 17.9. The maximum Gasteiger partial charge on any atom is 0.192 e. The van der Waals surface area contributed by atoms with E-state index in [2.05, 4.69) is 65.6 Å². The van der Waals surface area contributed by atoms with Crippen molar-refractivity contribution in [2.75, 3.05) is 0 Å². The molecule has 0 spiro atoms. The highest BCUT2D eigenvalue weighted by Gasteiger charge is 2.39. The molecule has 1 rings (SSSR count). The van der Waals surface area contributed by atoms with E-state index in [0.29, 0.717) is 6.42 Å². The smallest absolute Gasteiger partial charge is 0.192 e. The summed E-state index contributed by atoms with van der Waals surface area (Å²) in [6.07, 6.45) is 12.4. The van der Waals surface area contributed by atoms with E-state index in [1.54, 1.807) is 0 Å². The first kappa shape index (κ1) is 22.1. The molecule has 0 aromatic rings. The van der Waals surface area contributed by atoms with Crippen molar-refractivity contribution in [3.05, 3.63) is 36.5 Å². The topological polar surface area (TPSA) is 35.5 Å². The third-order valence-corrected chi connectivity index (χ3v) is 9.80. The van der Waals surface area contributed by atoms with Crippen LogP contribution in [0.1, 0.15) is 53.4 Å². The van der Waals surface area contributed by atoms with Crippen LogP contribution in [0.5, 0.6) is 0 Å². The van der Waals surface area contributed by atoms with E-state index in [1.165, 1.54) is 5.57 Å². The van der Waals surface area contributed by atoms with E-state index in [4.69, 9.17) is 9.16 Å². The molecule has 1 aliphatic rings. The molecule has 3 nitrogen and oxygen atoms in total. The van der Waals surface area contributed by atoms with E-state index < -0.39 is 8.32 Å². The molecule has 0 aromatic heterocycles. The summed E-state index contributed by atoms with van der Waals surface area (Å²) in [7, 11) is -1.86. The second kappa shape index (κ2) is 9.65. The van der Waals surface area contributed by atoms with E-state index in [1.807, 2.05) is 6.08 Å². The van der Waals surface area contributed by atoms with Crippen LogP contribution in [0.2, 0.25) is 18.1 Å². The van der Waals surface area contributed by atoms with Gasteiger partial charge in [0.05, 0.1) is 18.3 Å². The van der Waals surface area contributed by atoms with Gasteiger partial charge in [-0.05, 0) is 37.9 Å². The SMILES string of the molecule is C=C/C(C)=C/C[C@@H](C[C@@H]1C=CC[C@@H](CC=O)O1)O[Si](C)(C)C(C)(C)C. The average Bonchev–Trinajstić information content (AvgIpc) is 2.51. The fraction of sp³-hybridized carbons (Fsp3) is 0.667. The summed E-state index contributed by atoms with van der Waals surface area (Å²) in [5, 5.41) is 0.172. The molecule has 0 N–H and O–H groups in total. The third kappa shape index (κ3) is 7.43. The van der Waals surface area contributed by atoms with Gasteiger partial charge in [0.1, 0.15) is 6.29 Å². The molecular weight excluding hydrogens is 328 g/mol. The number of hydrogen-bond donors (Lipinski definition) is 0. The fourth-order valence-corrected chi connectivity index (χ4v) is 3.95. The minimum absolute atomic E-state index is 0.00599. The second-order valence-corrected chi connectivity index (χ2v) is 13.2. The van der Waals surface area contributed by atoms with Crippen molar-refractivity contribution < 1.29 is 14.0 Å². The lowest BCUT2D eigenvalue weighted by molar-refractivity contribution is -0.111. The molecule has 1 heterocycles. The molecule has 0 bridgehead atoms. The maximum atomic E-state index is 10.8. The Balaban J connectivity index is 2.84. The van der Waals surface area contributed by atoms with Gasteiger partial charge in [-0.2, -0.15) is 0 Å². The highest BCUT2D eigenvalue weighted by atomic mass is 28.4. The molecule has 25 heavy (non-hydrogen) atoms. The minimum Gasteiger partial charge on any atom is -0.414 e. The first-order valence-electron chi connectivity index (χ1n) is 9.32. The number of aldehydes is 1. The van der Waals surface area contributed by atoms with Gasteiger partial charge >= 0.3 is 0 Å². The Morgan fingerprint density at radius 2 is 2.12 bits per heavy atom. The number of allylic oxidation sites excluding steroid dienone is 2. The molecule has 142 valence electrons. The lowest BCUT2D eigenvalue weighted by Crippen LogP contribution is -2.44. The summed E-state index contributed by atoms with van der Waals surface area (Å²) in [5.41, 5.74) is 1.17. The van der Waals surface area contributed by atoms with Gasteiger partial charge in [0.25, 0.3) is 0 Å². The predicted molar refractivity (Wildman–Crippen MR) is 108 cm³/mol. The van der Waals surface area contributed by atoms with Crippen molar-refractivity contribution in [1.29, 1.82) is 0 Å². The van der Waals surface area contributed by atoms with E-state index in [9.17, 15) is 4.79 Å².